The second-order valence-electron chi connectivity index (χ2n) is 3.54. The highest BCUT2D eigenvalue weighted by atomic mass is 16.1. The van der Waals surface area contributed by atoms with E-state index in [4.69, 9.17) is 0 Å². The number of nitrogens with one attached hydrogen (secondary N) is 3. The molecule has 0 saturated carbocycles. The van der Waals surface area contributed by atoms with Gasteiger partial charge in [0.05, 0.1) is 0 Å². The minimum Gasteiger partial charge on any atom is -0.340 e. The summed E-state index contributed by atoms with van der Waals surface area (Å²) < 4.78 is 0. The smallest absolute Gasteiger partial charge is 0.266 e. The van der Waals surface area contributed by atoms with Crippen LogP contribution < -0.4 is 10.9 Å². The molecule has 0 atom stereocenters. The third-order valence-corrected chi connectivity index (χ3v) is 2.47. The van der Waals surface area contributed by atoms with Gasteiger partial charge < -0.3 is 5.32 Å². The first-order valence-corrected chi connectivity index (χ1v) is 4.78. The molecule has 0 amide bonds. The first-order chi connectivity index (χ1) is 7.16. The third kappa shape index (κ3) is 1.93. The molecule has 0 fully saturated rings. The molecular weight excluding hydrogens is 190 g/mol. The van der Waals surface area contributed by atoms with Crippen molar-refractivity contribution in [3.8, 4) is 0 Å². The van der Waals surface area contributed by atoms with Crippen molar-refractivity contribution in [2.45, 2.75) is 13.8 Å². The van der Waals surface area contributed by atoms with Crippen LogP contribution in [0.3, 0.4) is 0 Å². The number of aromatic nitrogens is 2. The van der Waals surface area contributed by atoms with Gasteiger partial charge in [0.2, 0.25) is 0 Å². The van der Waals surface area contributed by atoms with Gasteiger partial charge in [0.1, 0.15) is 5.82 Å². The summed E-state index contributed by atoms with van der Waals surface area (Å²) in [5.74, 6) is 0.675. The van der Waals surface area contributed by atoms with Gasteiger partial charge in [-0.1, -0.05) is 12.1 Å². The number of hydrogen-bond donors (Lipinski definition) is 3. The van der Waals surface area contributed by atoms with Crippen LogP contribution in [0, 0.1) is 13.8 Å². The number of aryl methyl sites for hydroxylation is 1. The van der Waals surface area contributed by atoms with E-state index in [1.54, 1.807) is 0 Å². The van der Waals surface area contributed by atoms with Gasteiger partial charge in [-0.05, 0) is 31.0 Å². The summed E-state index contributed by atoms with van der Waals surface area (Å²) in [6.45, 7) is 4.10. The lowest BCUT2D eigenvalue weighted by atomic mass is 10.1. The van der Waals surface area contributed by atoms with Gasteiger partial charge in [0.15, 0.2) is 0 Å². The Kier molecular flexibility index (Phi) is 2.33. The molecule has 0 aliphatic rings. The van der Waals surface area contributed by atoms with Crippen LogP contribution in [0.2, 0.25) is 0 Å². The van der Waals surface area contributed by atoms with Crippen LogP contribution in [0.4, 0.5) is 11.5 Å². The van der Waals surface area contributed by atoms with Gasteiger partial charge in [-0.25, -0.2) is 0 Å². The van der Waals surface area contributed by atoms with Crippen molar-refractivity contribution in [2.24, 2.45) is 0 Å². The van der Waals surface area contributed by atoms with Crippen LogP contribution in [-0.4, -0.2) is 10.2 Å². The topological polar surface area (TPSA) is 60.7 Å². The molecule has 0 radical (unpaired) electrons. The Morgan fingerprint density at radius 2 is 2.00 bits per heavy atom. The van der Waals surface area contributed by atoms with Crippen LogP contribution in [0.5, 0.6) is 0 Å². The fourth-order valence-corrected chi connectivity index (χ4v) is 1.43. The van der Waals surface area contributed by atoms with Crippen molar-refractivity contribution in [3.05, 3.63) is 45.7 Å². The van der Waals surface area contributed by atoms with E-state index < -0.39 is 0 Å². The van der Waals surface area contributed by atoms with Crippen molar-refractivity contribution >= 4 is 11.5 Å². The van der Waals surface area contributed by atoms with Crippen LogP contribution in [-0.2, 0) is 0 Å². The molecule has 2 aromatic rings. The van der Waals surface area contributed by atoms with Crippen LogP contribution in [0.25, 0.3) is 0 Å². The average Bonchev–Trinajstić information content (AvgIpc) is 2.59. The number of anilines is 2. The Bertz CT molecular complexity index is 525. The van der Waals surface area contributed by atoms with Crippen LogP contribution >= 0.6 is 0 Å². The van der Waals surface area contributed by atoms with E-state index in [-0.39, 0.29) is 5.56 Å². The van der Waals surface area contributed by atoms with Crippen LogP contribution in [0.15, 0.2) is 29.1 Å². The maximum absolute atomic E-state index is 10.9. The summed E-state index contributed by atoms with van der Waals surface area (Å²) in [4.78, 5) is 10.9. The lowest BCUT2D eigenvalue weighted by molar-refractivity contribution is 1.06. The summed E-state index contributed by atoms with van der Waals surface area (Å²) in [7, 11) is 0. The van der Waals surface area contributed by atoms with Crippen LogP contribution in [0.1, 0.15) is 11.1 Å². The van der Waals surface area contributed by atoms with E-state index >= 15 is 0 Å². The van der Waals surface area contributed by atoms with Gasteiger partial charge >= 0.3 is 0 Å². The summed E-state index contributed by atoms with van der Waals surface area (Å²) in [5.41, 5.74) is 3.27. The third-order valence-electron chi connectivity index (χ3n) is 2.47. The summed E-state index contributed by atoms with van der Waals surface area (Å²) >= 11 is 0. The fraction of sp³-hybridized carbons (Fsp3) is 0.182. The Balaban J connectivity index is 2.32. The van der Waals surface area contributed by atoms with Gasteiger partial charge in [-0.15, -0.1) is 0 Å². The minimum atomic E-state index is -0.136. The highest BCUT2D eigenvalue weighted by Crippen LogP contribution is 2.20. The van der Waals surface area contributed by atoms with Gasteiger partial charge in [-0.3, -0.25) is 15.0 Å². The van der Waals surface area contributed by atoms with Gasteiger partial charge in [0.25, 0.3) is 5.56 Å². The van der Waals surface area contributed by atoms with Crippen molar-refractivity contribution in [3.63, 3.8) is 0 Å². The van der Waals surface area contributed by atoms with Crippen molar-refractivity contribution < 1.29 is 0 Å². The fourth-order valence-electron chi connectivity index (χ4n) is 1.43. The predicted molar refractivity (Wildman–Crippen MR) is 60.6 cm³/mol. The molecule has 1 aromatic heterocycles. The Labute approximate surface area is 87.3 Å². The Morgan fingerprint density at radius 1 is 1.20 bits per heavy atom. The molecule has 0 saturated heterocycles. The molecule has 1 heterocycles. The molecular formula is C11H13N3O. The lowest BCUT2D eigenvalue weighted by Crippen LogP contribution is -1.95. The summed E-state index contributed by atoms with van der Waals surface area (Å²) in [6.07, 6.45) is 0. The number of aromatic amines is 2. The predicted octanol–water partition coefficient (Wildman–Crippen LogP) is 2.06. The first kappa shape index (κ1) is 9.58. The maximum Gasteiger partial charge on any atom is 0.266 e. The molecule has 4 nitrogen and oxygen atoms in total. The standard InChI is InChI=1S/C11H13N3O/c1-7-4-3-5-9(8(7)2)12-10-6-11(15)14-13-10/h3-6H,1-2H3,(H3,12,13,14,15). The molecule has 78 valence electrons. The zero-order valence-corrected chi connectivity index (χ0v) is 8.72. The van der Waals surface area contributed by atoms with E-state index in [2.05, 4.69) is 28.5 Å². The Hall–Kier alpha value is -1.97. The summed E-state index contributed by atoms with van der Waals surface area (Å²) in [6, 6.07) is 7.51. The maximum atomic E-state index is 10.9. The first-order valence-electron chi connectivity index (χ1n) is 4.78. The molecule has 0 aliphatic carbocycles. The highest BCUT2D eigenvalue weighted by Gasteiger charge is 2.01. The molecule has 0 spiro atoms. The lowest BCUT2D eigenvalue weighted by Gasteiger charge is -2.09. The molecule has 3 N–H and O–H groups in total. The molecule has 0 bridgehead atoms. The zero-order valence-electron chi connectivity index (χ0n) is 8.72. The SMILES string of the molecule is Cc1cccc(Nc2cc(=O)[nH][nH]2)c1C. The second kappa shape index (κ2) is 3.65. The summed E-state index contributed by atoms with van der Waals surface area (Å²) in [5, 5.41) is 8.38. The van der Waals surface area contributed by atoms with Crippen molar-refractivity contribution in [1.29, 1.82) is 0 Å². The average molecular weight is 203 g/mol. The quantitative estimate of drug-likeness (QED) is 0.699. The van der Waals surface area contributed by atoms with E-state index in [1.807, 2.05) is 19.1 Å². The zero-order chi connectivity index (χ0) is 10.8. The second-order valence-corrected chi connectivity index (χ2v) is 3.54. The molecule has 15 heavy (non-hydrogen) atoms. The van der Waals surface area contributed by atoms with E-state index in [9.17, 15) is 4.79 Å². The number of H-pyrrole nitrogens is 2. The van der Waals surface area contributed by atoms with Gasteiger partial charge in [0, 0.05) is 11.8 Å². The Morgan fingerprint density at radius 3 is 2.67 bits per heavy atom. The van der Waals surface area contributed by atoms with Crippen molar-refractivity contribution in [2.75, 3.05) is 5.32 Å². The molecule has 4 heteroatoms. The normalized spacial score (nSPS) is 10.3. The molecule has 0 unspecified atom stereocenters. The number of rotatable bonds is 2. The molecule has 1 aromatic carbocycles. The van der Waals surface area contributed by atoms with E-state index in [0.717, 1.165) is 5.69 Å². The van der Waals surface area contributed by atoms with E-state index in [0.29, 0.717) is 5.82 Å². The molecule has 0 aliphatic heterocycles. The minimum absolute atomic E-state index is 0.136. The number of benzene rings is 1. The monoisotopic (exact) mass is 203 g/mol. The van der Waals surface area contributed by atoms with Crippen molar-refractivity contribution in [1.82, 2.24) is 10.2 Å². The largest absolute Gasteiger partial charge is 0.340 e. The highest BCUT2D eigenvalue weighted by molar-refractivity contribution is 5.61. The van der Waals surface area contributed by atoms with Gasteiger partial charge in [-0.2, -0.15) is 0 Å². The molecule has 2 rings (SSSR count). The van der Waals surface area contributed by atoms with E-state index in [1.165, 1.54) is 17.2 Å². The number of hydrogen-bond acceptors (Lipinski definition) is 2.